The van der Waals surface area contributed by atoms with Gasteiger partial charge in [0.15, 0.2) is 0 Å². The van der Waals surface area contributed by atoms with Crippen LogP contribution in [-0.4, -0.2) is 85.9 Å². The Morgan fingerprint density at radius 1 is 0.357 bits per heavy atom. The van der Waals surface area contributed by atoms with Gasteiger partial charge in [-0.3, -0.25) is 0 Å². The van der Waals surface area contributed by atoms with Crippen LogP contribution in [0.25, 0.3) is 0 Å². The van der Waals surface area contributed by atoms with E-state index in [1.54, 1.807) is 0 Å². The van der Waals surface area contributed by atoms with E-state index in [1.807, 2.05) is 62.3 Å². The standard InChI is InChI=1S/C30H66O9Si3/c1-13-31-40(32-14-2,33-15-3)25(10)28-22-29(26(11)41(34-16-4,35-17-5)36-18-6)24-30(23-28)27(12)42(37-19-7,38-20-8)39-21-9/h25-30H,13-24H2,1-12H3. The molecule has 1 aliphatic rings. The zero-order valence-electron chi connectivity index (χ0n) is 29.1. The first kappa shape index (κ1) is 40.3. The third-order valence-corrected chi connectivity index (χ3v) is 19.7. The Labute approximate surface area is 262 Å². The molecule has 0 amide bonds. The zero-order chi connectivity index (χ0) is 31.8. The molecule has 0 aromatic carbocycles. The van der Waals surface area contributed by atoms with Crippen molar-refractivity contribution in [1.82, 2.24) is 0 Å². The summed E-state index contributed by atoms with van der Waals surface area (Å²) in [4.78, 5) is 0. The van der Waals surface area contributed by atoms with Crippen LogP contribution in [0.1, 0.15) is 102 Å². The lowest BCUT2D eigenvalue weighted by Crippen LogP contribution is -2.56. The molecule has 0 N–H and O–H groups in total. The molecule has 0 aromatic rings. The maximum Gasteiger partial charge on any atom is 0.504 e. The van der Waals surface area contributed by atoms with Gasteiger partial charge in [-0.15, -0.1) is 0 Å². The second-order valence-corrected chi connectivity index (χ2v) is 20.0. The van der Waals surface area contributed by atoms with Gasteiger partial charge >= 0.3 is 26.4 Å². The molecule has 0 radical (unpaired) electrons. The van der Waals surface area contributed by atoms with Crippen LogP contribution >= 0.6 is 0 Å². The van der Waals surface area contributed by atoms with Crippen LogP contribution < -0.4 is 0 Å². The normalized spacial score (nSPS) is 22.7. The summed E-state index contributed by atoms with van der Waals surface area (Å²) in [6, 6.07) is 0. The van der Waals surface area contributed by atoms with Gasteiger partial charge in [-0.25, -0.2) is 0 Å². The molecule has 0 bridgehead atoms. The first-order chi connectivity index (χ1) is 20.1. The lowest BCUT2D eigenvalue weighted by molar-refractivity contribution is 0.0256. The van der Waals surface area contributed by atoms with Crippen LogP contribution in [0.5, 0.6) is 0 Å². The molecule has 42 heavy (non-hydrogen) atoms. The highest BCUT2D eigenvalue weighted by Crippen LogP contribution is 2.53. The Bertz CT molecular complexity index is 558. The van der Waals surface area contributed by atoms with Crippen molar-refractivity contribution < 1.29 is 39.8 Å². The Morgan fingerprint density at radius 2 is 0.500 bits per heavy atom. The molecule has 0 heterocycles. The van der Waals surface area contributed by atoms with Gasteiger partial charge in [0.05, 0.1) is 0 Å². The van der Waals surface area contributed by atoms with Crippen molar-refractivity contribution in [2.75, 3.05) is 59.5 Å². The minimum atomic E-state index is -2.96. The summed E-state index contributed by atoms with van der Waals surface area (Å²) in [5.74, 6) is 0.925. The van der Waals surface area contributed by atoms with Crippen LogP contribution in [0.3, 0.4) is 0 Å². The van der Waals surface area contributed by atoms with Crippen molar-refractivity contribution in [2.45, 2.75) is 119 Å². The molecular weight excluding hydrogens is 589 g/mol. The highest BCUT2D eigenvalue weighted by Gasteiger charge is 2.58. The summed E-state index contributed by atoms with van der Waals surface area (Å²) >= 11 is 0. The van der Waals surface area contributed by atoms with Crippen LogP contribution in [0.15, 0.2) is 0 Å². The third kappa shape index (κ3) is 10.1. The van der Waals surface area contributed by atoms with Gasteiger partial charge in [0, 0.05) is 76.1 Å². The summed E-state index contributed by atoms with van der Waals surface area (Å²) in [5, 5.41) is 0. The first-order valence-corrected chi connectivity index (χ1v) is 22.3. The van der Waals surface area contributed by atoms with Crippen molar-refractivity contribution in [1.29, 1.82) is 0 Å². The second kappa shape index (κ2) is 20.4. The molecule has 9 nitrogen and oxygen atoms in total. The van der Waals surface area contributed by atoms with Crippen LogP contribution in [-0.2, 0) is 39.8 Å². The van der Waals surface area contributed by atoms with Crippen molar-refractivity contribution in [3.63, 3.8) is 0 Å². The lowest BCUT2D eigenvalue weighted by Gasteiger charge is -2.48. The van der Waals surface area contributed by atoms with Gasteiger partial charge in [0.1, 0.15) is 0 Å². The fraction of sp³-hybridized carbons (Fsp3) is 1.00. The SMILES string of the molecule is CCO[Si](OCC)(OCC)C(C)C1CC(C(C)[Si](OCC)(OCC)OCC)CC(C(C)[Si](OCC)(OCC)OCC)C1. The Kier molecular flexibility index (Phi) is 19.6. The topological polar surface area (TPSA) is 83.1 Å². The maximum absolute atomic E-state index is 6.45. The molecule has 1 aliphatic carbocycles. The molecule has 0 aliphatic heterocycles. The number of rotatable bonds is 24. The van der Waals surface area contributed by atoms with E-state index in [2.05, 4.69) is 20.8 Å². The molecule has 3 atom stereocenters. The Morgan fingerprint density at radius 3 is 0.619 bits per heavy atom. The molecule has 12 heteroatoms. The van der Waals surface area contributed by atoms with Gasteiger partial charge in [0.2, 0.25) is 0 Å². The van der Waals surface area contributed by atoms with E-state index in [9.17, 15) is 0 Å². The minimum Gasteiger partial charge on any atom is -0.374 e. The lowest BCUT2D eigenvalue weighted by atomic mass is 9.72. The summed E-state index contributed by atoms with van der Waals surface area (Å²) in [6.45, 7) is 30.2. The quantitative estimate of drug-likeness (QED) is 0.0994. The molecule has 0 aromatic heterocycles. The van der Waals surface area contributed by atoms with Crippen molar-refractivity contribution in [2.24, 2.45) is 17.8 Å². The molecule has 252 valence electrons. The molecule has 1 fully saturated rings. The fourth-order valence-electron chi connectivity index (χ4n) is 6.91. The number of hydrogen-bond acceptors (Lipinski definition) is 9. The van der Waals surface area contributed by atoms with E-state index in [0.29, 0.717) is 77.2 Å². The average Bonchev–Trinajstić information content (AvgIpc) is 2.96. The fourth-order valence-corrected chi connectivity index (χ4v) is 16.2. The van der Waals surface area contributed by atoms with Crippen LogP contribution in [0.2, 0.25) is 16.6 Å². The van der Waals surface area contributed by atoms with E-state index in [4.69, 9.17) is 39.8 Å². The predicted molar refractivity (Wildman–Crippen MR) is 174 cm³/mol. The van der Waals surface area contributed by atoms with Gasteiger partial charge in [-0.05, 0) is 99.3 Å². The predicted octanol–water partition coefficient (Wildman–Crippen LogP) is 7.33. The molecule has 0 spiro atoms. The van der Waals surface area contributed by atoms with E-state index < -0.39 is 26.4 Å². The molecule has 1 saturated carbocycles. The number of hydrogen-bond donors (Lipinski definition) is 0. The van der Waals surface area contributed by atoms with E-state index in [1.165, 1.54) is 0 Å². The van der Waals surface area contributed by atoms with Crippen molar-refractivity contribution in [3.8, 4) is 0 Å². The van der Waals surface area contributed by atoms with Crippen molar-refractivity contribution >= 4 is 26.4 Å². The zero-order valence-corrected chi connectivity index (χ0v) is 32.1. The Balaban J connectivity index is 3.69. The monoisotopic (exact) mass is 654 g/mol. The summed E-state index contributed by atoms with van der Waals surface area (Å²) in [5.41, 5.74) is 0.352. The average molecular weight is 655 g/mol. The van der Waals surface area contributed by atoms with E-state index >= 15 is 0 Å². The minimum absolute atomic E-state index is 0.117. The van der Waals surface area contributed by atoms with Gasteiger partial charge in [-0.1, -0.05) is 20.8 Å². The van der Waals surface area contributed by atoms with Crippen molar-refractivity contribution in [3.05, 3.63) is 0 Å². The first-order valence-electron chi connectivity index (χ1n) is 16.8. The van der Waals surface area contributed by atoms with Gasteiger partial charge in [0.25, 0.3) is 0 Å². The molecule has 1 rings (SSSR count). The van der Waals surface area contributed by atoms with Gasteiger partial charge < -0.3 is 39.8 Å². The van der Waals surface area contributed by atoms with Crippen LogP contribution in [0, 0.1) is 17.8 Å². The second-order valence-electron chi connectivity index (χ2n) is 11.1. The maximum atomic E-state index is 6.45. The van der Waals surface area contributed by atoms with Crippen LogP contribution in [0.4, 0.5) is 0 Å². The van der Waals surface area contributed by atoms with E-state index in [-0.39, 0.29) is 16.6 Å². The summed E-state index contributed by atoms with van der Waals surface area (Å²) in [7, 11) is -8.89. The largest absolute Gasteiger partial charge is 0.504 e. The van der Waals surface area contributed by atoms with Gasteiger partial charge in [-0.2, -0.15) is 0 Å². The molecule has 0 saturated heterocycles. The highest BCUT2D eigenvalue weighted by atomic mass is 28.4. The third-order valence-electron chi connectivity index (χ3n) is 8.72. The summed E-state index contributed by atoms with van der Waals surface area (Å²) < 4.78 is 58.0. The highest BCUT2D eigenvalue weighted by molar-refractivity contribution is 6.63. The Hall–Kier alpha value is 0.291. The molecular formula is C30H66O9Si3. The smallest absolute Gasteiger partial charge is 0.374 e. The summed E-state index contributed by atoms with van der Waals surface area (Å²) in [6.07, 6.45) is 3.01. The van der Waals surface area contributed by atoms with E-state index in [0.717, 1.165) is 19.3 Å². The molecule has 3 unspecified atom stereocenters.